The van der Waals surface area contributed by atoms with Gasteiger partial charge in [-0.1, -0.05) is 26.2 Å². The van der Waals surface area contributed by atoms with Crippen LogP contribution in [0.1, 0.15) is 32.6 Å². The first-order valence-corrected chi connectivity index (χ1v) is 6.90. The maximum Gasteiger partial charge on any atom is 0.0818 e. The normalized spacial score (nSPS) is 24.9. The van der Waals surface area contributed by atoms with E-state index in [9.17, 15) is 0 Å². The standard InChI is InChI=1S/C11H23NOS/c1-3-4-5-6-10(12-2)11-9-14-8-7-13-11/h10-12H,3-9H2,1-2H3. The molecule has 0 bridgehead atoms. The molecule has 14 heavy (non-hydrogen) atoms. The number of hydrogen-bond acceptors (Lipinski definition) is 3. The molecule has 1 aliphatic heterocycles. The number of likely N-dealkylation sites (N-methyl/N-ethyl adjacent to an activating group) is 1. The number of nitrogens with one attached hydrogen (secondary N) is 1. The molecule has 2 atom stereocenters. The average molecular weight is 217 g/mol. The highest BCUT2D eigenvalue weighted by Gasteiger charge is 2.22. The summed E-state index contributed by atoms with van der Waals surface area (Å²) in [6.45, 7) is 3.18. The number of rotatable bonds is 6. The van der Waals surface area contributed by atoms with Gasteiger partial charge in [0.05, 0.1) is 12.7 Å². The summed E-state index contributed by atoms with van der Waals surface area (Å²) in [4.78, 5) is 0. The molecule has 0 aromatic carbocycles. The van der Waals surface area contributed by atoms with E-state index in [1.165, 1.54) is 31.4 Å². The Balaban J connectivity index is 2.21. The lowest BCUT2D eigenvalue weighted by Crippen LogP contribution is -2.43. The molecule has 1 fully saturated rings. The van der Waals surface area contributed by atoms with Gasteiger partial charge in [0.15, 0.2) is 0 Å². The summed E-state index contributed by atoms with van der Waals surface area (Å²) in [6.07, 6.45) is 5.67. The molecule has 0 aromatic rings. The van der Waals surface area contributed by atoms with Gasteiger partial charge in [-0.3, -0.25) is 0 Å². The molecule has 2 unspecified atom stereocenters. The predicted molar refractivity (Wildman–Crippen MR) is 64.1 cm³/mol. The van der Waals surface area contributed by atoms with Gasteiger partial charge in [-0.2, -0.15) is 11.8 Å². The molecule has 0 aromatic heterocycles. The summed E-state index contributed by atoms with van der Waals surface area (Å²) in [7, 11) is 2.05. The lowest BCUT2D eigenvalue weighted by molar-refractivity contribution is 0.0462. The summed E-state index contributed by atoms with van der Waals surface area (Å²) < 4.78 is 5.78. The minimum Gasteiger partial charge on any atom is -0.375 e. The number of hydrogen-bond donors (Lipinski definition) is 1. The van der Waals surface area contributed by atoms with Crippen LogP contribution in [0.4, 0.5) is 0 Å². The summed E-state index contributed by atoms with van der Waals surface area (Å²) in [5.41, 5.74) is 0. The first kappa shape index (κ1) is 12.3. The molecule has 1 rings (SSSR count). The summed E-state index contributed by atoms with van der Waals surface area (Å²) in [5.74, 6) is 2.33. The van der Waals surface area contributed by atoms with Gasteiger partial charge < -0.3 is 10.1 Å². The minimum atomic E-state index is 0.440. The SMILES string of the molecule is CCCCCC(NC)C1CSCCO1. The van der Waals surface area contributed by atoms with Crippen LogP contribution in [0.5, 0.6) is 0 Å². The Hall–Kier alpha value is 0.270. The van der Waals surface area contributed by atoms with Crippen molar-refractivity contribution in [1.82, 2.24) is 5.32 Å². The fraction of sp³-hybridized carbons (Fsp3) is 1.00. The van der Waals surface area contributed by atoms with E-state index in [2.05, 4.69) is 19.3 Å². The third kappa shape index (κ3) is 4.20. The Bertz CT molecular complexity index is 137. The largest absolute Gasteiger partial charge is 0.375 e. The highest BCUT2D eigenvalue weighted by molar-refractivity contribution is 7.99. The van der Waals surface area contributed by atoms with Crippen molar-refractivity contribution in [2.24, 2.45) is 0 Å². The molecule has 2 nitrogen and oxygen atoms in total. The molecule has 1 saturated heterocycles. The zero-order valence-electron chi connectivity index (χ0n) is 9.42. The van der Waals surface area contributed by atoms with Crippen molar-refractivity contribution in [1.29, 1.82) is 0 Å². The molecule has 0 spiro atoms. The van der Waals surface area contributed by atoms with E-state index in [1.54, 1.807) is 0 Å². The van der Waals surface area contributed by atoms with Crippen molar-refractivity contribution in [2.75, 3.05) is 25.2 Å². The second kappa shape index (κ2) is 7.55. The Morgan fingerprint density at radius 1 is 1.50 bits per heavy atom. The van der Waals surface area contributed by atoms with E-state index in [-0.39, 0.29) is 0 Å². The summed E-state index contributed by atoms with van der Waals surface area (Å²) in [5, 5.41) is 3.39. The van der Waals surface area contributed by atoms with Crippen LogP contribution >= 0.6 is 11.8 Å². The fourth-order valence-corrected chi connectivity index (χ4v) is 2.81. The van der Waals surface area contributed by atoms with Crippen molar-refractivity contribution in [2.45, 2.75) is 44.8 Å². The van der Waals surface area contributed by atoms with Crippen LogP contribution in [0.15, 0.2) is 0 Å². The van der Waals surface area contributed by atoms with E-state index in [0.717, 1.165) is 12.4 Å². The minimum absolute atomic E-state index is 0.440. The highest BCUT2D eigenvalue weighted by Crippen LogP contribution is 2.18. The molecule has 3 heteroatoms. The van der Waals surface area contributed by atoms with Gasteiger partial charge in [-0.25, -0.2) is 0 Å². The van der Waals surface area contributed by atoms with Crippen molar-refractivity contribution in [3.8, 4) is 0 Å². The van der Waals surface area contributed by atoms with E-state index in [4.69, 9.17) is 4.74 Å². The second-order valence-electron chi connectivity index (χ2n) is 3.88. The summed E-state index contributed by atoms with van der Waals surface area (Å²) >= 11 is 2.02. The van der Waals surface area contributed by atoms with E-state index < -0.39 is 0 Å². The van der Waals surface area contributed by atoms with Crippen LogP contribution in [0.2, 0.25) is 0 Å². The molecule has 1 heterocycles. The zero-order valence-corrected chi connectivity index (χ0v) is 10.2. The maximum absolute atomic E-state index is 5.78. The van der Waals surface area contributed by atoms with Gasteiger partial charge in [-0.05, 0) is 13.5 Å². The Labute approximate surface area is 92.2 Å². The van der Waals surface area contributed by atoms with Crippen LogP contribution < -0.4 is 5.32 Å². The van der Waals surface area contributed by atoms with Crippen LogP contribution in [0, 0.1) is 0 Å². The second-order valence-corrected chi connectivity index (χ2v) is 5.02. The van der Waals surface area contributed by atoms with Gasteiger partial charge in [0.2, 0.25) is 0 Å². The maximum atomic E-state index is 5.78. The Morgan fingerprint density at radius 2 is 2.36 bits per heavy atom. The molecule has 0 aliphatic carbocycles. The Morgan fingerprint density at radius 3 is 2.93 bits per heavy atom. The first-order chi connectivity index (χ1) is 6.88. The van der Waals surface area contributed by atoms with Crippen molar-refractivity contribution in [3.05, 3.63) is 0 Å². The molecule has 84 valence electrons. The van der Waals surface area contributed by atoms with Crippen molar-refractivity contribution < 1.29 is 4.74 Å². The van der Waals surface area contributed by atoms with Crippen molar-refractivity contribution in [3.63, 3.8) is 0 Å². The molecule has 0 saturated carbocycles. The van der Waals surface area contributed by atoms with E-state index in [1.807, 2.05) is 11.8 Å². The highest BCUT2D eigenvalue weighted by atomic mass is 32.2. The monoisotopic (exact) mass is 217 g/mol. The molecular formula is C11H23NOS. The summed E-state index contributed by atoms with van der Waals surface area (Å²) in [6, 6.07) is 0.564. The predicted octanol–water partition coefficient (Wildman–Crippen LogP) is 2.29. The number of ether oxygens (including phenoxy) is 1. The van der Waals surface area contributed by atoms with Gasteiger partial charge in [0.25, 0.3) is 0 Å². The van der Waals surface area contributed by atoms with Gasteiger partial charge in [-0.15, -0.1) is 0 Å². The molecule has 0 radical (unpaired) electrons. The smallest absolute Gasteiger partial charge is 0.0818 e. The van der Waals surface area contributed by atoms with Crippen LogP contribution in [-0.2, 0) is 4.74 Å². The lowest BCUT2D eigenvalue weighted by Gasteiger charge is -2.30. The molecule has 1 N–H and O–H groups in total. The van der Waals surface area contributed by atoms with Crippen LogP contribution in [-0.4, -0.2) is 37.3 Å². The molecular weight excluding hydrogens is 194 g/mol. The first-order valence-electron chi connectivity index (χ1n) is 5.75. The van der Waals surface area contributed by atoms with Gasteiger partial charge >= 0.3 is 0 Å². The van der Waals surface area contributed by atoms with Crippen molar-refractivity contribution >= 4 is 11.8 Å². The number of unbranched alkanes of at least 4 members (excludes halogenated alkanes) is 2. The Kier molecular flexibility index (Phi) is 6.65. The fourth-order valence-electron chi connectivity index (χ4n) is 1.87. The van der Waals surface area contributed by atoms with Crippen LogP contribution in [0.3, 0.4) is 0 Å². The third-order valence-electron chi connectivity index (χ3n) is 2.78. The van der Waals surface area contributed by atoms with E-state index in [0.29, 0.717) is 12.1 Å². The van der Waals surface area contributed by atoms with Gasteiger partial charge in [0, 0.05) is 17.5 Å². The molecule has 1 aliphatic rings. The van der Waals surface area contributed by atoms with Crippen LogP contribution in [0.25, 0.3) is 0 Å². The zero-order chi connectivity index (χ0) is 10.2. The van der Waals surface area contributed by atoms with Gasteiger partial charge in [0.1, 0.15) is 0 Å². The average Bonchev–Trinajstić information content (AvgIpc) is 2.26. The van der Waals surface area contributed by atoms with E-state index >= 15 is 0 Å². The third-order valence-corrected chi connectivity index (χ3v) is 3.80. The lowest BCUT2D eigenvalue weighted by atomic mass is 10.0. The number of thioether (sulfide) groups is 1. The quantitative estimate of drug-likeness (QED) is 0.690. The molecule has 0 amide bonds. The topological polar surface area (TPSA) is 21.3 Å².